The molecule has 0 radical (unpaired) electrons. The van der Waals surface area contributed by atoms with Gasteiger partial charge in [-0.05, 0) is 30.7 Å². The van der Waals surface area contributed by atoms with Gasteiger partial charge in [-0.2, -0.15) is 5.10 Å². The van der Waals surface area contributed by atoms with Crippen LogP contribution in [0.5, 0.6) is 5.75 Å². The monoisotopic (exact) mass is 354 g/mol. The molecule has 1 N–H and O–H groups in total. The van der Waals surface area contributed by atoms with Gasteiger partial charge in [0.1, 0.15) is 5.75 Å². The van der Waals surface area contributed by atoms with Gasteiger partial charge in [0.05, 0.1) is 17.5 Å². The lowest BCUT2D eigenvalue weighted by Crippen LogP contribution is -2.50. The van der Waals surface area contributed by atoms with Crippen molar-refractivity contribution in [2.24, 2.45) is 5.10 Å². The molecule has 2 aromatic rings. The fourth-order valence-corrected chi connectivity index (χ4v) is 3.71. The summed E-state index contributed by atoms with van der Waals surface area (Å²) in [5.74, 6) is 1.03. The van der Waals surface area contributed by atoms with Gasteiger partial charge in [-0.25, -0.2) is 5.01 Å². The van der Waals surface area contributed by atoms with Crippen molar-refractivity contribution in [1.82, 2.24) is 5.01 Å². The number of halogens is 1. The van der Waals surface area contributed by atoms with Gasteiger partial charge in [-0.3, -0.25) is 0 Å². The van der Waals surface area contributed by atoms with Crippen molar-refractivity contribution < 1.29 is 9.84 Å². The normalized spacial score (nSPS) is 25.1. The Morgan fingerprint density at radius 2 is 2.00 bits per heavy atom. The number of benzene rings is 2. The van der Waals surface area contributed by atoms with Crippen molar-refractivity contribution in [3.8, 4) is 5.75 Å². The van der Waals surface area contributed by atoms with E-state index in [9.17, 15) is 5.11 Å². The molecule has 0 bridgehead atoms. The van der Waals surface area contributed by atoms with E-state index in [-0.39, 0.29) is 11.8 Å². The summed E-state index contributed by atoms with van der Waals surface area (Å²) >= 11 is 6.00. The molecule has 0 unspecified atom stereocenters. The van der Waals surface area contributed by atoms with E-state index in [1.165, 1.54) is 0 Å². The van der Waals surface area contributed by atoms with Crippen LogP contribution < -0.4 is 4.74 Å². The summed E-state index contributed by atoms with van der Waals surface area (Å²) in [6.07, 6.45) is 2.47. The highest BCUT2D eigenvalue weighted by Gasteiger charge is 2.46. The number of fused-ring (bicyclic) bond motifs is 3. The van der Waals surface area contributed by atoms with Gasteiger partial charge >= 0.3 is 0 Å². The van der Waals surface area contributed by atoms with Crippen molar-refractivity contribution >= 4 is 17.3 Å². The fourth-order valence-electron chi connectivity index (χ4n) is 3.58. The first kappa shape index (κ1) is 16.0. The van der Waals surface area contributed by atoms with Crippen LogP contribution in [-0.4, -0.2) is 21.6 Å². The average Bonchev–Trinajstić information content (AvgIpc) is 3.01. The van der Waals surface area contributed by atoms with Crippen molar-refractivity contribution in [1.29, 1.82) is 0 Å². The van der Waals surface area contributed by atoms with E-state index in [2.05, 4.69) is 6.07 Å². The van der Waals surface area contributed by atoms with E-state index in [1.807, 2.05) is 54.4 Å². The largest absolute Gasteiger partial charge is 0.513 e. The first-order chi connectivity index (χ1) is 12.0. The maximum absolute atomic E-state index is 9.84. The Morgan fingerprint density at radius 3 is 2.72 bits per heavy atom. The van der Waals surface area contributed by atoms with Crippen molar-refractivity contribution in [2.45, 2.75) is 32.0 Å². The number of hydrazone groups is 1. The number of hydrogen-bond donors (Lipinski definition) is 1. The van der Waals surface area contributed by atoms with Crippen LogP contribution in [0.4, 0.5) is 0 Å². The Morgan fingerprint density at radius 1 is 1.28 bits per heavy atom. The number of allylic oxidation sites excluding steroid dienone is 1. The zero-order valence-electron chi connectivity index (χ0n) is 14.1. The molecule has 4 rings (SSSR count). The molecule has 4 nitrogen and oxygen atoms in total. The molecule has 2 aliphatic heterocycles. The first-order valence-corrected chi connectivity index (χ1v) is 8.63. The maximum Gasteiger partial charge on any atom is 0.218 e. The Balaban J connectivity index is 1.80. The second kappa shape index (κ2) is 5.81. The first-order valence-electron chi connectivity index (χ1n) is 8.25. The number of aliphatic hydroxyl groups excluding tert-OH is 1. The molecule has 128 valence electrons. The zero-order valence-corrected chi connectivity index (χ0v) is 14.9. The summed E-state index contributed by atoms with van der Waals surface area (Å²) in [5, 5.41) is 17.3. The Bertz CT molecular complexity index is 872. The molecule has 0 saturated carbocycles. The molecular formula is C20H19ClN2O2. The third-order valence-electron chi connectivity index (χ3n) is 4.61. The molecule has 0 aromatic heterocycles. The highest BCUT2D eigenvalue weighted by atomic mass is 35.5. The summed E-state index contributed by atoms with van der Waals surface area (Å²) in [6.45, 7) is 3.56. The van der Waals surface area contributed by atoms with Gasteiger partial charge in [0.2, 0.25) is 5.72 Å². The van der Waals surface area contributed by atoms with Gasteiger partial charge in [-0.1, -0.05) is 41.9 Å². The average molecular weight is 355 g/mol. The fraction of sp³-hybridized carbons (Fsp3) is 0.250. The van der Waals surface area contributed by atoms with Crippen LogP contribution in [0.25, 0.3) is 0 Å². The van der Waals surface area contributed by atoms with Gasteiger partial charge < -0.3 is 9.84 Å². The van der Waals surface area contributed by atoms with E-state index >= 15 is 0 Å². The number of para-hydroxylation sites is 1. The molecule has 2 heterocycles. The number of nitrogens with zero attached hydrogens (tertiary/aromatic N) is 2. The summed E-state index contributed by atoms with van der Waals surface area (Å²) in [5.41, 5.74) is 2.30. The van der Waals surface area contributed by atoms with Crippen LogP contribution in [-0.2, 0) is 0 Å². The predicted molar refractivity (Wildman–Crippen MR) is 99.0 cm³/mol. The minimum absolute atomic E-state index is 0.0660. The van der Waals surface area contributed by atoms with E-state index in [0.717, 1.165) is 29.0 Å². The van der Waals surface area contributed by atoms with Gasteiger partial charge in [-0.15, -0.1) is 0 Å². The van der Waals surface area contributed by atoms with Gasteiger partial charge in [0.15, 0.2) is 0 Å². The van der Waals surface area contributed by atoms with Crippen LogP contribution in [0.1, 0.15) is 37.4 Å². The molecule has 5 heteroatoms. The Labute approximate surface area is 152 Å². The van der Waals surface area contributed by atoms with E-state index < -0.39 is 5.72 Å². The van der Waals surface area contributed by atoms with Crippen LogP contribution in [0, 0.1) is 0 Å². The van der Waals surface area contributed by atoms with Gasteiger partial charge in [0.25, 0.3) is 0 Å². The topological polar surface area (TPSA) is 45.1 Å². The second-order valence-corrected chi connectivity index (χ2v) is 7.03. The number of ether oxygens (including phenoxy) is 1. The summed E-state index contributed by atoms with van der Waals surface area (Å²) in [6, 6.07) is 15.8. The quantitative estimate of drug-likeness (QED) is 0.766. The highest BCUT2D eigenvalue weighted by molar-refractivity contribution is 6.30. The summed E-state index contributed by atoms with van der Waals surface area (Å²) < 4.78 is 6.21. The molecule has 2 atom stereocenters. The van der Waals surface area contributed by atoms with Gasteiger partial charge in [0, 0.05) is 30.0 Å². The SMILES string of the molecule is C/C(O)=C\[C@@]1(C)Oc2ccccc2[C@@H]2CC(c3ccc(Cl)cc3)=NN21. The molecule has 2 aliphatic rings. The number of aliphatic hydroxyl groups is 1. The molecular weight excluding hydrogens is 336 g/mol. The molecule has 0 amide bonds. The molecule has 0 saturated heterocycles. The minimum Gasteiger partial charge on any atom is -0.513 e. The van der Waals surface area contributed by atoms with Crippen LogP contribution in [0.15, 0.2) is 65.5 Å². The predicted octanol–water partition coefficient (Wildman–Crippen LogP) is 5.06. The maximum atomic E-state index is 9.84. The highest BCUT2D eigenvalue weighted by Crippen LogP contribution is 2.47. The lowest BCUT2D eigenvalue weighted by molar-refractivity contribution is -0.0697. The Hall–Kier alpha value is -2.46. The van der Waals surface area contributed by atoms with Crippen LogP contribution in [0.3, 0.4) is 0 Å². The van der Waals surface area contributed by atoms with E-state index in [4.69, 9.17) is 21.4 Å². The van der Waals surface area contributed by atoms with Crippen LogP contribution >= 0.6 is 11.6 Å². The third kappa shape index (κ3) is 2.76. The molecule has 25 heavy (non-hydrogen) atoms. The molecule has 0 spiro atoms. The van der Waals surface area contributed by atoms with E-state index in [1.54, 1.807) is 13.0 Å². The van der Waals surface area contributed by atoms with E-state index in [0.29, 0.717) is 5.02 Å². The standard InChI is InChI=1S/C20H19ClN2O2/c1-13(24)12-20(2)23-18(16-5-3-4-6-19(16)25-20)11-17(22-23)14-7-9-15(21)10-8-14/h3-10,12,18,24H,11H2,1-2H3/b13-12+/t18-,20+/m0/s1. The molecule has 2 aromatic carbocycles. The van der Waals surface area contributed by atoms with Crippen molar-refractivity contribution in [3.63, 3.8) is 0 Å². The van der Waals surface area contributed by atoms with Crippen molar-refractivity contribution in [2.75, 3.05) is 0 Å². The second-order valence-electron chi connectivity index (χ2n) is 6.60. The summed E-state index contributed by atoms with van der Waals surface area (Å²) in [4.78, 5) is 0. The lowest BCUT2D eigenvalue weighted by atomic mass is 9.95. The van der Waals surface area contributed by atoms with Crippen molar-refractivity contribution in [3.05, 3.63) is 76.5 Å². The van der Waals surface area contributed by atoms with Crippen LogP contribution in [0.2, 0.25) is 5.02 Å². The molecule has 0 fully saturated rings. The zero-order chi connectivity index (χ0) is 17.6. The minimum atomic E-state index is -0.841. The number of rotatable bonds is 2. The molecule has 0 aliphatic carbocycles. The Kier molecular flexibility index (Phi) is 3.73. The lowest BCUT2D eigenvalue weighted by Gasteiger charge is -2.44. The summed E-state index contributed by atoms with van der Waals surface area (Å²) in [7, 11) is 0. The number of hydrogen-bond acceptors (Lipinski definition) is 4. The third-order valence-corrected chi connectivity index (χ3v) is 4.87. The smallest absolute Gasteiger partial charge is 0.218 e.